The third-order valence-corrected chi connectivity index (χ3v) is 3.73. The molecule has 122 valence electrons. The molecule has 23 heavy (non-hydrogen) atoms. The van der Waals surface area contributed by atoms with E-state index in [1.54, 1.807) is 30.3 Å². The van der Waals surface area contributed by atoms with Crippen LogP contribution in [0.4, 0.5) is 0 Å². The number of rotatable bonds is 8. The van der Waals surface area contributed by atoms with Gasteiger partial charge in [0.1, 0.15) is 0 Å². The summed E-state index contributed by atoms with van der Waals surface area (Å²) in [7, 11) is -3.73. The van der Waals surface area contributed by atoms with E-state index in [0.717, 1.165) is 11.8 Å². The van der Waals surface area contributed by atoms with Gasteiger partial charge in [-0.25, -0.2) is 0 Å². The molecule has 0 aromatic heterocycles. The summed E-state index contributed by atoms with van der Waals surface area (Å²) in [6.07, 6.45) is -0.147. The quantitative estimate of drug-likeness (QED) is 0.591. The molecule has 0 aliphatic rings. The van der Waals surface area contributed by atoms with Gasteiger partial charge in [-0.05, 0) is 5.56 Å². The molecule has 1 N–H and O–H groups in total. The normalized spacial score (nSPS) is 12.7. The van der Waals surface area contributed by atoms with Crippen LogP contribution in [0.2, 0.25) is 0 Å². The molecule has 2 rings (SSSR count). The van der Waals surface area contributed by atoms with Crippen LogP contribution in [-0.4, -0.2) is 33.1 Å². The van der Waals surface area contributed by atoms with Crippen molar-refractivity contribution < 1.29 is 17.4 Å². The molecule has 0 amide bonds. The Morgan fingerprint density at radius 1 is 1.04 bits per heavy atom. The second-order valence-electron chi connectivity index (χ2n) is 5.14. The number of hydrogen-bond donors (Lipinski definition) is 1. The lowest BCUT2D eigenvalue weighted by molar-refractivity contribution is 0.0801. The standard InChI is InChI=1S/C17H19NO4S/c1-23(20,21)22-16(17(19)15-10-6-3-7-11-15)13-18-12-14-8-4-2-5-9-14/h2-11,16,18H,12-13H2,1H3. The fourth-order valence-electron chi connectivity index (χ4n) is 2.11. The van der Waals surface area contributed by atoms with Gasteiger partial charge in [0, 0.05) is 18.7 Å². The Hall–Kier alpha value is -2.02. The minimum atomic E-state index is -3.73. The van der Waals surface area contributed by atoms with Crippen LogP contribution < -0.4 is 5.32 Å². The molecule has 6 heteroatoms. The van der Waals surface area contributed by atoms with Crippen molar-refractivity contribution in [2.75, 3.05) is 12.8 Å². The highest BCUT2D eigenvalue weighted by Crippen LogP contribution is 2.09. The van der Waals surface area contributed by atoms with Crippen molar-refractivity contribution in [2.24, 2.45) is 0 Å². The van der Waals surface area contributed by atoms with Crippen LogP contribution in [0.5, 0.6) is 0 Å². The predicted octanol–water partition coefficient (Wildman–Crippen LogP) is 2.00. The van der Waals surface area contributed by atoms with E-state index in [1.165, 1.54) is 0 Å². The summed E-state index contributed by atoms with van der Waals surface area (Å²) in [6.45, 7) is 0.627. The molecule has 0 heterocycles. The molecular weight excluding hydrogens is 314 g/mol. The predicted molar refractivity (Wildman–Crippen MR) is 88.6 cm³/mol. The first kappa shape index (κ1) is 17.3. The van der Waals surface area contributed by atoms with Crippen LogP contribution >= 0.6 is 0 Å². The van der Waals surface area contributed by atoms with E-state index in [1.807, 2.05) is 30.3 Å². The molecule has 0 aliphatic heterocycles. The lowest BCUT2D eigenvalue weighted by atomic mass is 10.1. The van der Waals surface area contributed by atoms with E-state index in [0.29, 0.717) is 12.1 Å². The van der Waals surface area contributed by atoms with Crippen molar-refractivity contribution in [3.05, 3.63) is 71.8 Å². The van der Waals surface area contributed by atoms with Crippen molar-refractivity contribution >= 4 is 15.9 Å². The molecule has 2 aromatic carbocycles. The molecule has 2 aromatic rings. The Morgan fingerprint density at radius 3 is 2.17 bits per heavy atom. The van der Waals surface area contributed by atoms with Gasteiger partial charge in [-0.2, -0.15) is 8.42 Å². The van der Waals surface area contributed by atoms with Crippen molar-refractivity contribution in [1.82, 2.24) is 5.32 Å². The van der Waals surface area contributed by atoms with Crippen LogP contribution in [0.15, 0.2) is 60.7 Å². The second-order valence-corrected chi connectivity index (χ2v) is 6.74. The summed E-state index contributed by atoms with van der Waals surface area (Å²) >= 11 is 0. The van der Waals surface area contributed by atoms with Crippen molar-refractivity contribution in [3.63, 3.8) is 0 Å². The van der Waals surface area contributed by atoms with Gasteiger partial charge in [0.2, 0.25) is 0 Å². The largest absolute Gasteiger partial charge is 0.310 e. The smallest absolute Gasteiger partial charge is 0.265 e. The molecule has 0 fully saturated rings. The SMILES string of the molecule is CS(=O)(=O)OC(CNCc1ccccc1)C(=O)c1ccccc1. The average molecular weight is 333 g/mol. The second kappa shape index (κ2) is 8.01. The van der Waals surface area contributed by atoms with Gasteiger partial charge in [-0.15, -0.1) is 0 Å². The zero-order valence-electron chi connectivity index (χ0n) is 12.8. The van der Waals surface area contributed by atoms with Crippen LogP contribution in [0.3, 0.4) is 0 Å². The molecule has 0 bridgehead atoms. The van der Waals surface area contributed by atoms with Gasteiger partial charge in [-0.1, -0.05) is 60.7 Å². The Bertz CT molecular complexity index is 730. The first-order chi connectivity index (χ1) is 11.0. The summed E-state index contributed by atoms with van der Waals surface area (Å²) < 4.78 is 27.8. The Labute approximate surface area is 136 Å². The first-order valence-electron chi connectivity index (χ1n) is 7.18. The Kier molecular flexibility index (Phi) is 6.04. The van der Waals surface area contributed by atoms with Gasteiger partial charge >= 0.3 is 0 Å². The third kappa shape index (κ3) is 5.94. The number of benzene rings is 2. The molecule has 5 nitrogen and oxygen atoms in total. The van der Waals surface area contributed by atoms with E-state index in [2.05, 4.69) is 5.32 Å². The first-order valence-corrected chi connectivity index (χ1v) is 8.99. The zero-order chi connectivity index (χ0) is 16.7. The minimum Gasteiger partial charge on any atom is -0.310 e. The highest BCUT2D eigenvalue weighted by molar-refractivity contribution is 7.86. The van der Waals surface area contributed by atoms with Crippen LogP contribution in [0, 0.1) is 0 Å². The van der Waals surface area contributed by atoms with Gasteiger partial charge in [0.25, 0.3) is 10.1 Å². The van der Waals surface area contributed by atoms with Crippen molar-refractivity contribution in [2.45, 2.75) is 12.6 Å². The summed E-state index contributed by atoms with van der Waals surface area (Å²) in [5, 5.41) is 3.06. The maximum atomic E-state index is 12.4. The topological polar surface area (TPSA) is 72.5 Å². The highest BCUT2D eigenvalue weighted by Gasteiger charge is 2.24. The van der Waals surface area contributed by atoms with Crippen molar-refractivity contribution in [1.29, 1.82) is 0 Å². The molecule has 0 aliphatic carbocycles. The molecule has 1 unspecified atom stereocenters. The summed E-state index contributed by atoms with van der Waals surface area (Å²) in [5.41, 5.74) is 1.46. The van der Waals surface area contributed by atoms with Gasteiger partial charge < -0.3 is 5.32 Å². The number of carbonyl (C=O) groups excluding carboxylic acids is 1. The molecule has 0 saturated heterocycles. The minimum absolute atomic E-state index is 0.107. The van der Waals surface area contributed by atoms with E-state index < -0.39 is 16.2 Å². The molecule has 1 atom stereocenters. The molecule has 0 saturated carbocycles. The van der Waals surface area contributed by atoms with Gasteiger partial charge in [0.15, 0.2) is 11.9 Å². The van der Waals surface area contributed by atoms with Crippen LogP contribution in [-0.2, 0) is 20.8 Å². The maximum Gasteiger partial charge on any atom is 0.265 e. The van der Waals surface area contributed by atoms with Crippen LogP contribution in [0.25, 0.3) is 0 Å². The molecular formula is C17H19NO4S. The molecule has 0 radical (unpaired) electrons. The summed E-state index contributed by atoms with van der Waals surface area (Å²) in [5.74, 6) is -0.364. The Balaban J connectivity index is 2.04. The highest BCUT2D eigenvalue weighted by atomic mass is 32.2. The van der Waals surface area contributed by atoms with E-state index in [9.17, 15) is 13.2 Å². The van der Waals surface area contributed by atoms with Crippen molar-refractivity contribution in [3.8, 4) is 0 Å². The fraction of sp³-hybridized carbons (Fsp3) is 0.235. The number of hydrogen-bond acceptors (Lipinski definition) is 5. The lowest BCUT2D eigenvalue weighted by Crippen LogP contribution is -2.37. The summed E-state index contributed by atoms with van der Waals surface area (Å²) in [6, 6.07) is 18.1. The maximum absolute atomic E-state index is 12.4. The van der Waals surface area contributed by atoms with E-state index in [4.69, 9.17) is 4.18 Å². The number of ketones is 1. The Morgan fingerprint density at radius 2 is 1.61 bits per heavy atom. The lowest BCUT2D eigenvalue weighted by Gasteiger charge is -2.16. The van der Waals surface area contributed by atoms with E-state index in [-0.39, 0.29) is 12.3 Å². The fourth-order valence-corrected chi connectivity index (χ4v) is 2.69. The number of carbonyl (C=O) groups is 1. The van der Waals surface area contributed by atoms with Gasteiger partial charge in [0.05, 0.1) is 6.26 Å². The molecule has 0 spiro atoms. The summed E-state index contributed by atoms with van der Waals surface area (Å²) in [4.78, 5) is 12.4. The zero-order valence-corrected chi connectivity index (χ0v) is 13.6. The number of nitrogens with one attached hydrogen (secondary N) is 1. The van der Waals surface area contributed by atoms with Gasteiger partial charge in [-0.3, -0.25) is 8.98 Å². The average Bonchev–Trinajstić information content (AvgIpc) is 2.54. The third-order valence-electron chi connectivity index (χ3n) is 3.14. The monoisotopic (exact) mass is 333 g/mol. The van der Waals surface area contributed by atoms with E-state index >= 15 is 0 Å². The number of Topliss-reactive ketones (excluding diaryl/α,β-unsaturated/α-hetero) is 1. The van der Waals surface area contributed by atoms with Crippen LogP contribution in [0.1, 0.15) is 15.9 Å².